The molecule has 37 heavy (non-hydrogen) atoms. The number of benzene rings is 3. The van der Waals surface area contributed by atoms with Crippen LogP contribution in [-0.2, 0) is 4.74 Å². The van der Waals surface area contributed by atoms with Crippen LogP contribution in [0, 0.1) is 0 Å². The Morgan fingerprint density at radius 2 is 1.32 bits per heavy atom. The van der Waals surface area contributed by atoms with Gasteiger partial charge in [0.05, 0.1) is 40.1 Å². The number of nitrogens with one attached hydrogen (secondary N) is 1. The summed E-state index contributed by atoms with van der Waals surface area (Å²) in [7, 11) is 0. The Morgan fingerprint density at radius 1 is 0.757 bits per heavy atom. The number of amides is 3. The molecular weight excluding hydrogens is 484 g/mol. The van der Waals surface area contributed by atoms with Gasteiger partial charge in [0, 0.05) is 11.3 Å². The first-order valence-electron chi connectivity index (χ1n) is 10.8. The predicted octanol–water partition coefficient (Wildman–Crippen LogP) is 3.31. The van der Waals surface area contributed by atoms with Gasteiger partial charge in [0.1, 0.15) is 0 Å². The second-order valence-corrected chi connectivity index (χ2v) is 7.84. The fraction of sp³-hybridized carbons (Fsp3) is 0.0769. The molecule has 0 spiro atoms. The topological polar surface area (TPSA) is 167 Å². The average Bonchev–Trinajstić information content (AvgIpc) is 3.13. The van der Waals surface area contributed by atoms with Gasteiger partial charge in [-0.2, -0.15) is 0 Å². The van der Waals surface area contributed by atoms with E-state index in [1.807, 2.05) is 0 Å². The summed E-state index contributed by atoms with van der Waals surface area (Å²) in [6, 6.07) is 12.7. The normalized spacial score (nSPS) is 12.2. The lowest BCUT2D eigenvalue weighted by molar-refractivity contribution is 0.0525. The molecule has 11 nitrogen and oxygen atoms in total. The molecule has 0 aliphatic carbocycles. The van der Waals surface area contributed by atoms with Gasteiger partial charge in [0.2, 0.25) is 0 Å². The minimum absolute atomic E-state index is 0.0167. The van der Waals surface area contributed by atoms with Gasteiger partial charge in [0.25, 0.3) is 17.7 Å². The van der Waals surface area contributed by atoms with Crippen molar-refractivity contribution in [2.45, 2.75) is 6.92 Å². The molecule has 1 aliphatic rings. The Kier molecular flexibility index (Phi) is 6.53. The first-order chi connectivity index (χ1) is 17.6. The first-order valence-corrected chi connectivity index (χ1v) is 10.8. The maximum atomic E-state index is 13.1. The number of nitrogens with zero attached hydrogens (tertiary/aromatic N) is 1. The van der Waals surface area contributed by atoms with Crippen molar-refractivity contribution < 1.29 is 43.7 Å². The SMILES string of the molecule is CCOC(=O)c1ccc(N2C(=O)c3ccc(C(=O)Nc4cc(C(=O)O)cc(C(=O)O)c4)cc3C2=O)cc1. The molecule has 3 amide bonds. The molecule has 0 fully saturated rings. The summed E-state index contributed by atoms with van der Waals surface area (Å²) in [6.45, 7) is 1.86. The quantitative estimate of drug-likeness (QED) is 0.324. The maximum Gasteiger partial charge on any atom is 0.338 e. The molecular formula is C26H18N2O9. The van der Waals surface area contributed by atoms with E-state index in [0.29, 0.717) is 0 Å². The van der Waals surface area contributed by atoms with Crippen LogP contribution >= 0.6 is 0 Å². The van der Waals surface area contributed by atoms with Gasteiger partial charge in [-0.05, 0) is 67.6 Å². The zero-order valence-corrected chi connectivity index (χ0v) is 19.2. The second kappa shape index (κ2) is 9.74. The molecule has 0 bridgehead atoms. The van der Waals surface area contributed by atoms with Crippen LogP contribution in [0.3, 0.4) is 0 Å². The molecule has 1 aliphatic heterocycles. The van der Waals surface area contributed by atoms with E-state index < -0.39 is 35.6 Å². The van der Waals surface area contributed by atoms with E-state index >= 15 is 0 Å². The molecule has 4 rings (SSSR count). The van der Waals surface area contributed by atoms with E-state index in [4.69, 9.17) is 4.74 Å². The number of hydrogen-bond donors (Lipinski definition) is 3. The van der Waals surface area contributed by atoms with E-state index in [-0.39, 0.29) is 51.4 Å². The number of fused-ring (bicyclic) bond motifs is 1. The van der Waals surface area contributed by atoms with E-state index in [1.54, 1.807) is 6.92 Å². The average molecular weight is 502 g/mol. The fourth-order valence-corrected chi connectivity index (χ4v) is 3.73. The summed E-state index contributed by atoms with van der Waals surface area (Å²) in [5, 5.41) is 20.8. The van der Waals surface area contributed by atoms with Gasteiger partial charge < -0.3 is 20.3 Å². The highest BCUT2D eigenvalue weighted by molar-refractivity contribution is 6.34. The molecule has 0 aromatic heterocycles. The summed E-state index contributed by atoms with van der Waals surface area (Å²) < 4.78 is 4.92. The molecule has 3 aromatic carbocycles. The maximum absolute atomic E-state index is 13.1. The number of carboxylic acids is 2. The molecule has 3 N–H and O–H groups in total. The lowest BCUT2D eigenvalue weighted by Gasteiger charge is -2.14. The second-order valence-electron chi connectivity index (χ2n) is 7.84. The molecule has 11 heteroatoms. The zero-order valence-electron chi connectivity index (χ0n) is 19.2. The van der Waals surface area contributed by atoms with Crippen molar-refractivity contribution in [2.24, 2.45) is 0 Å². The van der Waals surface area contributed by atoms with Crippen LogP contribution in [-0.4, -0.2) is 52.4 Å². The zero-order chi connectivity index (χ0) is 26.9. The molecule has 0 saturated heterocycles. The molecule has 186 valence electrons. The number of carboxylic acid groups (broad SMARTS) is 2. The molecule has 1 heterocycles. The summed E-state index contributed by atoms with van der Waals surface area (Å²) in [6.07, 6.45) is 0. The van der Waals surface area contributed by atoms with Crippen molar-refractivity contribution in [1.82, 2.24) is 0 Å². The Morgan fingerprint density at radius 3 is 1.89 bits per heavy atom. The van der Waals surface area contributed by atoms with E-state index in [1.165, 1.54) is 42.5 Å². The summed E-state index contributed by atoms with van der Waals surface area (Å²) in [4.78, 5) is 74.1. The van der Waals surface area contributed by atoms with Gasteiger partial charge >= 0.3 is 17.9 Å². The minimum atomic E-state index is -1.38. The smallest absolute Gasteiger partial charge is 0.338 e. The van der Waals surface area contributed by atoms with Crippen molar-refractivity contribution in [1.29, 1.82) is 0 Å². The Balaban J connectivity index is 1.59. The molecule has 3 aromatic rings. The van der Waals surface area contributed by atoms with Gasteiger partial charge in [-0.1, -0.05) is 0 Å². The number of esters is 1. The Labute approximate surface area is 208 Å². The van der Waals surface area contributed by atoms with Gasteiger partial charge in [0.15, 0.2) is 0 Å². The minimum Gasteiger partial charge on any atom is -0.478 e. The summed E-state index contributed by atoms with van der Waals surface area (Å²) in [5.74, 6) is -5.35. The highest BCUT2D eigenvalue weighted by Gasteiger charge is 2.37. The fourth-order valence-electron chi connectivity index (χ4n) is 3.73. The van der Waals surface area contributed by atoms with Crippen LogP contribution in [0.25, 0.3) is 0 Å². The van der Waals surface area contributed by atoms with E-state index in [2.05, 4.69) is 5.32 Å². The number of anilines is 2. The Bertz CT molecular complexity index is 1460. The van der Waals surface area contributed by atoms with E-state index in [9.17, 15) is 39.0 Å². The monoisotopic (exact) mass is 502 g/mol. The highest BCUT2D eigenvalue weighted by atomic mass is 16.5. The van der Waals surface area contributed by atoms with Crippen LogP contribution in [0.15, 0.2) is 60.7 Å². The highest BCUT2D eigenvalue weighted by Crippen LogP contribution is 2.30. The number of hydrogen-bond acceptors (Lipinski definition) is 7. The third kappa shape index (κ3) is 4.78. The lowest BCUT2D eigenvalue weighted by atomic mass is 10.0. The van der Waals surface area contributed by atoms with Gasteiger partial charge in [-0.3, -0.25) is 14.4 Å². The number of carbonyl (C=O) groups excluding carboxylic acids is 4. The summed E-state index contributed by atoms with van der Waals surface area (Å²) in [5.41, 5.74) is -0.263. The largest absolute Gasteiger partial charge is 0.478 e. The standard InChI is InChI=1S/C26H18N2O9/c1-2-37-26(36)13-3-6-18(7-4-13)28-22(30)19-8-5-14(12-20(19)23(28)31)21(29)27-17-10-15(24(32)33)9-16(11-17)25(34)35/h3-12H,2H2,1H3,(H,27,29)(H,32,33)(H,34,35). The van der Waals surface area contributed by atoms with Gasteiger partial charge in [-0.15, -0.1) is 0 Å². The summed E-state index contributed by atoms with van der Waals surface area (Å²) >= 11 is 0. The Hall–Kier alpha value is -5.32. The van der Waals surface area contributed by atoms with Crippen LogP contribution in [0.5, 0.6) is 0 Å². The van der Waals surface area contributed by atoms with Crippen LogP contribution in [0.1, 0.15) is 69.1 Å². The van der Waals surface area contributed by atoms with E-state index in [0.717, 1.165) is 23.1 Å². The first kappa shape index (κ1) is 24.8. The molecule has 0 atom stereocenters. The molecule has 0 radical (unpaired) electrons. The third-order valence-corrected chi connectivity index (χ3v) is 5.47. The van der Waals surface area contributed by atoms with Crippen molar-refractivity contribution in [3.8, 4) is 0 Å². The number of carbonyl (C=O) groups is 6. The van der Waals surface area contributed by atoms with Crippen molar-refractivity contribution in [3.63, 3.8) is 0 Å². The molecule has 0 unspecified atom stereocenters. The van der Waals surface area contributed by atoms with Crippen molar-refractivity contribution >= 4 is 47.0 Å². The molecule has 0 saturated carbocycles. The van der Waals surface area contributed by atoms with Gasteiger partial charge in [-0.25, -0.2) is 19.3 Å². The number of imide groups is 1. The number of aromatic carboxylic acids is 2. The lowest BCUT2D eigenvalue weighted by Crippen LogP contribution is -2.29. The number of ether oxygens (including phenoxy) is 1. The van der Waals surface area contributed by atoms with Crippen LogP contribution in [0.4, 0.5) is 11.4 Å². The third-order valence-electron chi connectivity index (χ3n) is 5.47. The van der Waals surface area contributed by atoms with Crippen LogP contribution in [0.2, 0.25) is 0 Å². The van der Waals surface area contributed by atoms with Crippen molar-refractivity contribution in [2.75, 3.05) is 16.8 Å². The number of rotatable bonds is 7. The predicted molar refractivity (Wildman–Crippen MR) is 128 cm³/mol. The van der Waals surface area contributed by atoms with Crippen molar-refractivity contribution in [3.05, 3.63) is 94.0 Å². The van der Waals surface area contributed by atoms with Crippen LogP contribution < -0.4 is 10.2 Å².